The normalized spacial score (nSPS) is 16.8. The van der Waals surface area contributed by atoms with Crippen LogP contribution in [0.2, 0.25) is 0 Å². The first kappa shape index (κ1) is 42.1. The molecule has 1 heterocycles. The molecule has 0 radical (unpaired) electrons. The molecule has 0 bridgehead atoms. The predicted octanol–water partition coefficient (Wildman–Crippen LogP) is 7.00. The number of ether oxygens (including phenoxy) is 2. The molecule has 1 atom stereocenters. The highest BCUT2D eigenvalue weighted by Crippen LogP contribution is 2.60. The zero-order valence-corrected chi connectivity index (χ0v) is 26.2. The van der Waals surface area contributed by atoms with Gasteiger partial charge < -0.3 is 19.7 Å². The number of carbonyl (C=O) groups is 2. The molecule has 1 aliphatic rings. The Morgan fingerprint density at radius 1 is 0.800 bits per heavy atom. The number of non-ortho nitro benzene ring substituents is 1. The van der Waals surface area contributed by atoms with Gasteiger partial charge in [-0.05, 0) is 39.9 Å². The number of halogens is 13. The molecule has 0 aromatic heterocycles. The first-order chi connectivity index (χ1) is 22.6. The molecule has 2 rings (SSSR count). The zero-order valence-electron chi connectivity index (χ0n) is 26.2. The fourth-order valence-corrected chi connectivity index (χ4v) is 4.58. The van der Waals surface area contributed by atoms with Crippen LogP contribution in [0.15, 0.2) is 46.8 Å². The first-order valence-electron chi connectivity index (χ1n) is 13.9. The van der Waals surface area contributed by atoms with Crippen LogP contribution in [0, 0.1) is 10.1 Å². The Morgan fingerprint density at radius 3 is 1.74 bits per heavy atom. The van der Waals surface area contributed by atoms with E-state index in [1.807, 2.05) is 0 Å². The van der Waals surface area contributed by atoms with Crippen LogP contribution in [-0.4, -0.2) is 91.4 Å². The van der Waals surface area contributed by atoms with E-state index >= 15 is 0 Å². The number of rotatable bonds is 15. The molecule has 22 heteroatoms. The van der Waals surface area contributed by atoms with Crippen molar-refractivity contribution in [3.63, 3.8) is 0 Å². The molecule has 0 fully saturated rings. The van der Waals surface area contributed by atoms with Gasteiger partial charge in [0.25, 0.3) is 5.69 Å². The Balaban J connectivity index is 2.37. The second-order valence-corrected chi connectivity index (χ2v) is 11.2. The van der Waals surface area contributed by atoms with Gasteiger partial charge in [-0.15, -0.1) is 0 Å². The fraction of sp³-hybridized carbons (Fsp3) is 0.571. The van der Waals surface area contributed by atoms with Crippen molar-refractivity contribution in [2.24, 2.45) is 0 Å². The molecule has 1 aromatic rings. The van der Waals surface area contributed by atoms with Crippen LogP contribution in [-0.2, 0) is 19.1 Å². The van der Waals surface area contributed by atoms with Crippen LogP contribution in [0.25, 0.3) is 0 Å². The van der Waals surface area contributed by atoms with E-state index in [0.29, 0.717) is 0 Å². The van der Waals surface area contributed by atoms with Gasteiger partial charge >= 0.3 is 47.7 Å². The van der Waals surface area contributed by atoms with Crippen molar-refractivity contribution in [1.82, 2.24) is 10.2 Å². The van der Waals surface area contributed by atoms with Crippen LogP contribution in [0.3, 0.4) is 0 Å². The molecule has 0 amide bonds. The van der Waals surface area contributed by atoms with Gasteiger partial charge in [-0.1, -0.05) is 12.1 Å². The highest BCUT2D eigenvalue weighted by atomic mass is 19.4. The van der Waals surface area contributed by atoms with E-state index in [1.165, 1.54) is 26.0 Å². The van der Waals surface area contributed by atoms with Gasteiger partial charge in [0.2, 0.25) is 0 Å². The lowest BCUT2D eigenvalue weighted by molar-refractivity contribution is -0.440. The summed E-state index contributed by atoms with van der Waals surface area (Å²) in [6, 6.07) is 4.47. The minimum absolute atomic E-state index is 0.0732. The molecule has 0 aliphatic carbocycles. The van der Waals surface area contributed by atoms with Crippen LogP contribution in [0.1, 0.15) is 38.2 Å². The topological polar surface area (TPSA) is 111 Å². The zero-order chi connectivity index (χ0) is 38.8. The number of nitrogens with zero attached hydrogens (tertiary/aromatic N) is 2. The van der Waals surface area contributed by atoms with Crippen molar-refractivity contribution in [2.45, 2.75) is 68.4 Å². The number of alkyl halides is 13. The van der Waals surface area contributed by atoms with E-state index in [2.05, 4.69) is 5.32 Å². The molecule has 1 aromatic carbocycles. The van der Waals surface area contributed by atoms with Gasteiger partial charge in [0.1, 0.15) is 6.61 Å². The monoisotopic (exact) mass is 749 g/mol. The van der Waals surface area contributed by atoms with Gasteiger partial charge in [-0.25, -0.2) is 9.59 Å². The number of nitrogens with one attached hydrogen (secondary N) is 1. The van der Waals surface area contributed by atoms with Crippen molar-refractivity contribution in [2.75, 3.05) is 33.9 Å². The standard InChI is InChI=1S/C28H28F13N3O6/c1-14-18(20(16-7-5-8-17(13-16)44(47)48)19(15(2)42-14)22(46)50-12-10-43(3)4)21(45)49-11-6-9-23(29,30)24(31,32)25(33,34)26(35,36)27(37,38)28(39,40)41/h5,7-8,13,20,42H,6,9-12H2,1-4H3. The maximum atomic E-state index is 14.2. The summed E-state index contributed by atoms with van der Waals surface area (Å²) in [6.07, 6.45) is -11.7. The molecule has 50 heavy (non-hydrogen) atoms. The van der Waals surface area contributed by atoms with Crippen LogP contribution in [0.4, 0.5) is 62.8 Å². The minimum atomic E-state index is -8.05. The van der Waals surface area contributed by atoms with Crippen molar-refractivity contribution in [1.29, 1.82) is 0 Å². The second kappa shape index (κ2) is 14.6. The molecule has 0 spiro atoms. The van der Waals surface area contributed by atoms with E-state index in [9.17, 15) is 76.8 Å². The Labute approximate surface area is 274 Å². The van der Waals surface area contributed by atoms with E-state index in [0.717, 1.165) is 12.1 Å². The quantitative estimate of drug-likeness (QED) is 0.0672. The maximum absolute atomic E-state index is 14.2. The molecule has 0 saturated carbocycles. The van der Waals surface area contributed by atoms with Crippen LogP contribution < -0.4 is 5.32 Å². The van der Waals surface area contributed by atoms with E-state index in [-0.39, 0.29) is 35.7 Å². The third-order valence-electron chi connectivity index (χ3n) is 7.25. The van der Waals surface area contributed by atoms with Crippen molar-refractivity contribution >= 4 is 17.6 Å². The summed E-state index contributed by atoms with van der Waals surface area (Å²) in [5.74, 6) is -41.8. The number of carbonyl (C=O) groups excluding carboxylic acids is 2. The molecule has 0 saturated heterocycles. The molecule has 9 nitrogen and oxygen atoms in total. The third-order valence-corrected chi connectivity index (χ3v) is 7.25. The number of likely N-dealkylation sites (N-methyl/N-ethyl adjacent to an activating group) is 1. The lowest BCUT2D eigenvalue weighted by atomic mass is 9.80. The number of hydrogen-bond acceptors (Lipinski definition) is 8. The number of allylic oxidation sites excluding steroid dienone is 2. The highest BCUT2D eigenvalue weighted by molar-refractivity contribution is 6.00. The summed E-state index contributed by atoms with van der Waals surface area (Å²) < 4.78 is 184. The summed E-state index contributed by atoms with van der Waals surface area (Å²) in [6.45, 7) is 1.28. The lowest BCUT2D eigenvalue weighted by Gasteiger charge is -2.39. The number of nitro groups is 1. The van der Waals surface area contributed by atoms with Gasteiger partial charge in [0.05, 0.1) is 28.6 Å². The SMILES string of the molecule is CC1=C(C(=O)OCCCC(F)(F)C(F)(F)C(F)(F)C(F)(F)C(F)(F)C(F)(F)F)C(c2cccc([N+](=O)[O-])c2)C(C(=O)OCCN(C)C)=C(C)N1. The predicted molar refractivity (Wildman–Crippen MR) is 145 cm³/mol. The molecular weight excluding hydrogens is 721 g/mol. The summed E-state index contributed by atoms with van der Waals surface area (Å²) >= 11 is 0. The van der Waals surface area contributed by atoms with Gasteiger partial charge in [-0.2, -0.15) is 57.1 Å². The van der Waals surface area contributed by atoms with Crippen LogP contribution in [0.5, 0.6) is 0 Å². The van der Waals surface area contributed by atoms with Gasteiger partial charge in [0.15, 0.2) is 0 Å². The number of hydrogen-bond donors (Lipinski definition) is 1. The Kier molecular flexibility index (Phi) is 12.3. The smallest absolute Gasteiger partial charge is 0.460 e. The van der Waals surface area contributed by atoms with Crippen molar-refractivity contribution in [3.8, 4) is 0 Å². The van der Waals surface area contributed by atoms with E-state index < -0.39 is 89.3 Å². The minimum Gasteiger partial charge on any atom is -0.462 e. The largest absolute Gasteiger partial charge is 0.462 e. The maximum Gasteiger partial charge on any atom is 0.460 e. The van der Waals surface area contributed by atoms with Gasteiger partial charge in [-0.3, -0.25) is 10.1 Å². The average molecular weight is 750 g/mol. The molecule has 1 aliphatic heterocycles. The Morgan fingerprint density at radius 2 is 1.28 bits per heavy atom. The second-order valence-electron chi connectivity index (χ2n) is 11.2. The number of benzene rings is 1. The average Bonchev–Trinajstić information content (AvgIpc) is 2.97. The number of nitro benzene ring substituents is 1. The van der Waals surface area contributed by atoms with Crippen molar-refractivity contribution < 1.29 is 81.1 Å². The molecular formula is C28H28F13N3O6. The summed E-state index contributed by atoms with van der Waals surface area (Å²) in [7, 11) is 3.30. The molecule has 1 unspecified atom stereocenters. The van der Waals surface area contributed by atoms with Crippen LogP contribution >= 0.6 is 0 Å². The van der Waals surface area contributed by atoms with E-state index in [1.54, 1.807) is 19.0 Å². The highest BCUT2D eigenvalue weighted by Gasteiger charge is 2.90. The lowest BCUT2D eigenvalue weighted by Crippen LogP contribution is -2.70. The summed E-state index contributed by atoms with van der Waals surface area (Å²) in [4.78, 5) is 38.7. The van der Waals surface area contributed by atoms with Crippen molar-refractivity contribution in [3.05, 3.63) is 62.5 Å². The fourth-order valence-electron chi connectivity index (χ4n) is 4.58. The Hall–Kier alpha value is -4.11. The summed E-state index contributed by atoms with van der Waals surface area (Å²) in [5.41, 5.74) is -1.38. The number of esters is 2. The van der Waals surface area contributed by atoms with Gasteiger partial charge in [0, 0.05) is 36.5 Å². The number of dihydropyridines is 1. The molecule has 1 N–H and O–H groups in total. The summed E-state index contributed by atoms with van der Waals surface area (Å²) in [5, 5.41) is 14.1. The third kappa shape index (κ3) is 7.93. The molecule has 282 valence electrons. The van der Waals surface area contributed by atoms with E-state index in [4.69, 9.17) is 9.47 Å². The Bertz CT molecular complexity index is 1520. The first-order valence-corrected chi connectivity index (χ1v) is 13.9.